The van der Waals surface area contributed by atoms with Crippen molar-refractivity contribution in [3.8, 4) is 0 Å². The van der Waals surface area contributed by atoms with Crippen molar-refractivity contribution in [2.45, 2.75) is 32.9 Å². The number of hydrogen-bond acceptors (Lipinski definition) is 3. The number of hydrogen-bond donors (Lipinski definition) is 1. The molecule has 0 fully saturated rings. The van der Waals surface area contributed by atoms with Crippen molar-refractivity contribution in [1.29, 1.82) is 0 Å². The van der Waals surface area contributed by atoms with Gasteiger partial charge in [-0.05, 0) is 30.5 Å². The third-order valence-electron chi connectivity index (χ3n) is 3.26. The first kappa shape index (κ1) is 17.6. The zero-order valence-corrected chi connectivity index (χ0v) is 14.6. The second kappa shape index (κ2) is 8.78. The molecule has 0 spiro atoms. The zero-order chi connectivity index (χ0) is 15.1. The smallest absolute Gasteiger partial charge is 0.0589 e. The highest BCUT2D eigenvalue weighted by atomic mass is 79.9. The van der Waals surface area contributed by atoms with Gasteiger partial charge in [0.25, 0.3) is 0 Å². The summed E-state index contributed by atoms with van der Waals surface area (Å²) >= 11 is 3.55. The van der Waals surface area contributed by atoms with Crippen LogP contribution in [-0.4, -0.2) is 37.7 Å². The van der Waals surface area contributed by atoms with Crippen LogP contribution in [0, 0.1) is 5.92 Å². The summed E-state index contributed by atoms with van der Waals surface area (Å²) in [7, 11) is 1.74. The SMILES string of the molecule is COCCN(CC(C)C)C(c1cccc(Br)c1)C(C)N. The Hall–Kier alpha value is -0.420. The number of ether oxygens (including phenoxy) is 1. The van der Waals surface area contributed by atoms with Gasteiger partial charge in [-0.1, -0.05) is 41.9 Å². The molecule has 0 aromatic heterocycles. The van der Waals surface area contributed by atoms with E-state index in [9.17, 15) is 0 Å². The molecule has 0 saturated heterocycles. The van der Waals surface area contributed by atoms with Crippen molar-refractivity contribution in [3.63, 3.8) is 0 Å². The van der Waals surface area contributed by atoms with Crippen molar-refractivity contribution in [2.75, 3.05) is 26.8 Å². The average Bonchev–Trinajstić information content (AvgIpc) is 2.35. The molecule has 0 aliphatic heterocycles. The summed E-state index contributed by atoms with van der Waals surface area (Å²) in [6, 6.07) is 8.71. The Kier molecular flexibility index (Phi) is 7.74. The van der Waals surface area contributed by atoms with Gasteiger partial charge in [-0.25, -0.2) is 0 Å². The molecule has 2 N–H and O–H groups in total. The summed E-state index contributed by atoms with van der Waals surface area (Å²) < 4.78 is 6.35. The number of methoxy groups -OCH3 is 1. The van der Waals surface area contributed by atoms with Crippen LogP contribution < -0.4 is 5.73 Å². The van der Waals surface area contributed by atoms with Crippen LogP contribution in [0.1, 0.15) is 32.4 Å². The fourth-order valence-electron chi connectivity index (χ4n) is 2.56. The van der Waals surface area contributed by atoms with Gasteiger partial charge < -0.3 is 10.5 Å². The average molecular weight is 343 g/mol. The molecule has 0 aliphatic rings. The van der Waals surface area contributed by atoms with Crippen molar-refractivity contribution < 1.29 is 4.74 Å². The van der Waals surface area contributed by atoms with Gasteiger partial charge in [-0.2, -0.15) is 0 Å². The molecule has 114 valence electrons. The summed E-state index contributed by atoms with van der Waals surface area (Å²) in [4.78, 5) is 2.43. The van der Waals surface area contributed by atoms with Crippen LogP contribution in [0.15, 0.2) is 28.7 Å². The molecule has 0 saturated carbocycles. The zero-order valence-electron chi connectivity index (χ0n) is 13.0. The van der Waals surface area contributed by atoms with E-state index in [1.54, 1.807) is 7.11 Å². The first-order valence-corrected chi connectivity index (χ1v) is 7.99. The Bertz CT molecular complexity index is 396. The van der Waals surface area contributed by atoms with Gasteiger partial charge in [0.15, 0.2) is 0 Å². The molecular formula is C16H27BrN2O. The Balaban J connectivity index is 3.00. The monoisotopic (exact) mass is 342 g/mol. The fraction of sp³-hybridized carbons (Fsp3) is 0.625. The Morgan fingerprint density at radius 3 is 2.50 bits per heavy atom. The summed E-state index contributed by atoms with van der Waals surface area (Å²) in [5.41, 5.74) is 7.52. The predicted molar refractivity (Wildman–Crippen MR) is 88.8 cm³/mol. The molecule has 20 heavy (non-hydrogen) atoms. The minimum Gasteiger partial charge on any atom is -0.383 e. The maximum Gasteiger partial charge on any atom is 0.0589 e. The lowest BCUT2D eigenvalue weighted by Gasteiger charge is -2.35. The van der Waals surface area contributed by atoms with E-state index in [1.165, 1.54) is 5.56 Å². The van der Waals surface area contributed by atoms with Crippen molar-refractivity contribution in [1.82, 2.24) is 4.90 Å². The van der Waals surface area contributed by atoms with Crippen LogP contribution >= 0.6 is 15.9 Å². The van der Waals surface area contributed by atoms with Crippen molar-refractivity contribution in [2.24, 2.45) is 11.7 Å². The molecule has 1 aromatic carbocycles. The molecule has 3 nitrogen and oxygen atoms in total. The highest BCUT2D eigenvalue weighted by Crippen LogP contribution is 2.26. The van der Waals surface area contributed by atoms with E-state index in [0.717, 1.165) is 24.2 Å². The predicted octanol–water partition coefficient (Wildman–Crippen LogP) is 3.44. The molecule has 0 bridgehead atoms. The topological polar surface area (TPSA) is 38.5 Å². The molecule has 4 heteroatoms. The van der Waals surface area contributed by atoms with Crippen LogP contribution in [0.5, 0.6) is 0 Å². The lowest BCUT2D eigenvalue weighted by atomic mass is 9.98. The second-order valence-corrected chi connectivity index (χ2v) is 6.66. The van der Waals surface area contributed by atoms with E-state index in [0.29, 0.717) is 5.92 Å². The Morgan fingerprint density at radius 2 is 2.00 bits per heavy atom. The lowest BCUT2D eigenvalue weighted by Crippen LogP contribution is -2.42. The van der Waals surface area contributed by atoms with Gasteiger partial charge in [0.1, 0.15) is 0 Å². The van der Waals surface area contributed by atoms with Crippen LogP contribution in [-0.2, 0) is 4.74 Å². The van der Waals surface area contributed by atoms with Crippen LogP contribution in [0.3, 0.4) is 0 Å². The van der Waals surface area contributed by atoms with Gasteiger partial charge in [-0.15, -0.1) is 0 Å². The number of halogens is 1. The Morgan fingerprint density at radius 1 is 1.30 bits per heavy atom. The van der Waals surface area contributed by atoms with Crippen molar-refractivity contribution >= 4 is 15.9 Å². The van der Waals surface area contributed by atoms with E-state index in [2.05, 4.69) is 59.8 Å². The van der Waals surface area contributed by atoms with Gasteiger partial charge in [0.2, 0.25) is 0 Å². The molecule has 0 heterocycles. The normalized spacial score (nSPS) is 14.8. The third kappa shape index (κ3) is 5.52. The number of benzene rings is 1. The molecule has 2 unspecified atom stereocenters. The van der Waals surface area contributed by atoms with Gasteiger partial charge in [0.05, 0.1) is 6.61 Å². The van der Waals surface area contributed by atoms with E-state index in [-0.39, 0.29) is 12.1 Å². The molecule has 2 atom stereocenters. The minimum absolute atomic E-state index is 0.0694. The first-order valence-electron chi connectivity index (χ1n) is 7.19. The van der Waals surface area contributed by atoms with E-state index in [4.69, 9.17) is 10.5 Å². The standard InChI is InChI=1S/C16H27BrN2O/c1-12(2)11-19(8-9-20-4)16(13(3)18)14-6-5-7-15(17)10-14/h5-7,10,12-13,16H,8-9,11,18H2,1-4H3. The van der Waals surface area contributed by atoms with Crippen LogP contribution in [0.2, 0.25) is 0 Å². The minimum atomic E-state index is 0.0694. The first-order chi connectivity index (χ1) is 9.45. The summed E-state index contributed by atoms with van der Waals surface area (Å²) in [5, 5.41) is 0. The molecule has 0 aliphatic carbocycles. The Labute approximate surface area is 131 Å². The third-order valence-corrected chi connectivity index (χ3v) is 3.76. The molecule has 1 rings (SSSR count). The number of nitrogens with zero attached hydrogens (tertiary/aromatic N) is 1. The summed E-state index contributed by atoms with van der Waals surface area (Å²) in [5.74, 6) is 0.597. The molecule has 0 radical (unpaired) electrons. The van der Waals surface area contributed by atoms with E-state index in [1.807, 2.05) is 6.07 Å². The van der Waals surface area contributed by atoms with Gasteiger partial charge >= 0.3 is 0 Å². The highest BCUT2D eigenvalue weighted by molar-refractivity contribution is 9.10. The number of rotatable bonds is 8. The van der Waals surface area contributed by atoms with E-state index < -0.39 is 0 Å². The van der Waals surface area contributed by atoms with Gasteiger partial charge in [0, 0.05) is 36.8 Å². The summed E-state index contributed by atoms with van der Waals surface area (Å²) in [6.45, 7) is 9.18. The molecule has 0 amide bonds. The number of nitrogens with two attached hydrogens (primary N) is 1. The summed E-state index contributed by atoms with van der Waals surface area (Å²) in [6.07, 6.45) is 0. The highest BCUT2D eigenvalue weighted by Gasteiger charge is 2.24. The van der Waals surface area contributed by atoms with Gasteiger partial charge in [-0.3, -0.25) is 4.90 Å². The second-order valence-electron chi connectivity index (χ2n) is 5.74. The van der Waals surface area contributed by atoms with Crippen LogP contribution in [0.25, 0.3) is 0 Å². The largest absolute Gasteiger partial charge is 0.383 e. The molecular weight excluding hydrogens is 316 g/mol. The molecule has 1 aromatic rings. The fourth-order valence-corrected chi connectivity index (χ4v) is 2.98. The lowest BCUT2D eigenvalue weighted by molar-refractivity contribution is 0.101. The quantitative estimate of drug-likeness (QED) is 0.786. The maximum absolute atomic E-state index is 6.27. The van der Waals surface area contributed by atoms with E-state index >= 15 is 0 Å². The maximum atomic E-state index is 6.27. The van der Waals surface area contributed by atoms with Crippen molar-refractivity contribution in [3.05, 3.63) is 34.3 Å². The van der Waals surface area contributed by atoms with Crippen LogP contribution in [0.4, 0.5) is 0 Å².